The molecule has 0 atom stereocenters. The van der Waals surface area contributed by atoms with E-state index in [-0.39, 0.29) is 6.42 Å². The molecule has 4 heteroatoms. The number of hydrogen-bond donors (Lipinski definition) is 1. The summed E-state index contributed by atoms with van der Waals surface area (Å²) >= 11 is 0. The minimum Gasteiger partial charge on any atom is -0.496 e. The number of aliphatic carboxylic acids is 1. The number of ether oxygens (including phenoxy) is 2. The summed E-state index contributed by atoms with van der Waals surface area (Å²) in [5.74, 6) is 0.458. The van der Waals surface area contributed by atoms with Crippen LogP contribution in [0, 0.1) is 0 Å². The average molecular weight is 292 g/mol. The van der Waals surface area contributed by atoms with Gasteiger partial charge in [-0.3, -0.25) is 4.79 Å². The van der Waals surface area contributed by atoms with Crippen LogP contribution in [-0.2, 0) is 14.9 Å². The van der Waals surface area contributed by atoms with Gasteiger partial charge in [-0.1, -0.05) is 26.0 Å². The van der Waals surface area contributed by atoms with Gasteiger partial charge in [0.05, 0.1) is 13.5 Å². The summed E-state index contributed by atoms with van der Waals surface area (Å²) in [5, 5.41) is 9.13. The van der Waals surface area contributed by atoms with E-state index < -0.39 is 11.4 Å². The van der Waals surface area contributed by atoms with Crippen molar-refractivity contribution in [3.8, 4) is 5.75 Å². The first kappa shape index (κ1) is 15.8. The van der Waals surface area contributed by atoms with E-state index in [0.29, 0.717) is 5.92 Å². The fraction of sp³-hybridized carbons (Fsp3) is 0.588. The van der Waals surface area contributed by atoms with Crippen molar-refractivity contribution in [2.75, 3.05) is 20.3 Å². The van der Waals surface area contributed by atoms with Crippen molar-refractivity contribution in [3.63, 3.8) is 0 Å². The fourth-order valence-electron chi connectivity index (χ4n) is 3.01. The molecule has 0 aliphatic carbocycles. The number of hydrogen-bond acceptors (Lipinski definition) is 3. The maximum absolute atomic E-state index is 11.1. The highest BCUT2D eigenvalue weighted by atomic mass is 16.5. The van der Waals surface area contributed by atoms with Gasteiger partial charge < -0.3 is 14.6 Å². The first-order valence-corrected chi connectivity index (χ1v) is 7.42. The van der Waals surface area contributed by atoms with Gasteiger partial charge in [0, 0.05) is 24.2 Å². The lowest BCUT2D eigenvalue weighted by Gasteiger charge is -2.28. The molecule has 0 bridgehead atoms. The van der Waals surface area contributed by atoms with Crippen LogP contribution in [0.2, 0.25) is 0 Å². The minimum atomic E-state index is -0.793. The number of carbonyl (C=O) groups is 1. The molecule has 1 aromatic rings. The zero-order valence-corrected chi connectivity index (χ0v) is 13.0. The van der Waals surface area contributed by atoms with Gasteiger partial charge in [0.25, 0.3) is 0 Å². The van der Waals surface area contributed by atoms with Crippen molar-refractivity contribution in [2.24, 2.45) is 0 Å². The van der Waals surface area contributed by atoms with Crippen molar-refractivity contribution in [1.82, 2.24) is 0 Å². The Morgan fingerprint density at radius 3 is 2.62 bits per heavy atom. The highest BCUT2D eigenvalue weighted by Gasteiger charge is 2.29. The van der Waals surface area contributed by atoms with Crippen LogP contribution in [0.3, 0.4) is 0 Å². The number of methoxy groups -OCH3 is 1. The normalized spacial score (nSPS) is 16.7. The van der Waals surface area contributed by atoms with Crippen molar-refractivity contribution in [2.45, 2.75) is 44.4 Å². The molecule has 4 nitrogen and oxygen atoms in total. The summed E-state index contributed by atoms with van der Waals surface area (Å²) in [6.07, 6.45) is 2.12. The Morgan fingerprint density at radius 1 is 1.38 bits per heavy atom. The molecular formula is C17H24O4. The zero-order chi connectivity index (χ0) is 15.5. The van der Waals surface area contributed by atoms with Crippen molar-refractivity contribution in [1.29, 1.82) is 0 Å². The van der Waals surface area contributed by atoms with E-state index in [0.717, 1.165) is 37.4 Å². The van der Waals surface area contributed by atoms with Crippen LogP contribution in [0.25, 0.3) is 0 Å². The molecule has 21 heavy (non-hydrogen) atoms. The van der Waals surface area contributed by atoms with Crippen LogP contribution in [0.15, 0.2) is 18.2 Å². The second-order valence-electron chi connectivity index (χ2n) is 6.30. The molecule has 0 unspecified atom stereocenters. The number of rotatable bonds is 5. The second kappa shape index (κ2) is 6.48. The monoisotopic (exact) mass is 292 g/mol. The number of carboxylic acids is 1. The Labute approximate surface area is 126 Å². The van der Waals surface area contributed by atoms with Crippen molar-refractivity contribution >= 4 is 5.97 Å². The third kappa shape index (κ3) is 3.76. The summed E-state index contributed by atoms with van der Waals surface area (Å²) in [6.45, 7) is 5.49. The van der Waals surface area contributed by atoms with Crippen LogP contribution >= 0.6 is 0 Å². The van der Waals surface area contributed by atoms with Crippen LogP contribution in [0.5, 0.6) is 5.75 Å². The van der Waals surface area contributed by atoms with Gasteiger partial charge in [-0.25, -0.2) is 0 Å². The second-order valence-corrected chi connectivity index (χ2v) is 6.30. The summed E-state index contributed by atoms with van der Waals surface area (Å²) < 4.78 is 10.9. The van der Waals surface area contributed by atoms with Crippen LogP contribution < -0.4 is 4.74 Å². The zero-order valence-electron chi connectivity index (χ0n) is 13.0. The molecule has 0 aromatic heterocycles. The molecule has 2 rings (SSSR count). The predicted octanol–water partition coefficient (Wildman–Crippen LogP) is 3.34. The molecule has 0 saturated carbocycles. The fourth-order valence-corrected chi connectivity index (χ4v) is 3.01. The molecule has 1 heterocycles. The van der Waals surface area contributed by atoms with Gasteiger partial charge >= 0.3 is 5.97 Å². The van der Waals surface area contributed by atoms with Gasteiger partial charge in [-0.05, 0) is 30.4 Å². The van der Waals surface area contributed by atoms with E-state index in [2.05, 4.69) is 12.1 Å². The Kier molecular flexibility index (Phi) is 4.88. The molecule has 1 saturated heterocycles. The molecule has 0 amide bonds. The van der Waals surface area contributed by atoms with E-state index in [9.17, 15) is 4.79 Å². The molecule has 0 spiro atoms. The summed E-state index contributed by atoms with van der Waals surface area (Å²) in [4.78, 5) is 11.1. The third-order valence-corrected chi connectivity index (χ3v) is 4.24. The van der Waals surface area contributed by atoms with Gasteiger partial charge in [-0.2, -0.15) is 0 Å². The summed E-state index contributed by atoms with van der Waals surface area (Å²) in [5.41, 5.74) is 1.77. The van der Waals surface area contributed by atoms with Gasteiger partial charge in [0.1, 0.15) is 5.75 Å². The van der Waals surface area contributed by atoms with Gasteiger partial charge in [0.2, 0.25) is 0 Å². The predicted molar refractivity (Wildman–Crippen MR) is 81.1 cm³/mol. The molecule has 1 aromatic carbocycles. The molecule has 0 radical (unpaired) electrons. The Balaban J connectivity index is 2.35. The third-order valence-electron chi connectivity index (χ3n) is 4.24. The lowest BCUT2D eigenvalue weighted by molar-refractivity contribution is -0.138. The first-order chi connectivity index (χ1) is 9.94. The van der Waals surface area contributed by atoms with E-state index in [4.69, 9.17) is 14.6 Å². The quantitative estimate of drug-likeness (QED) is 0.904. The Morgan fingerprint density at radius 2 is 2.05 bits per heavy atom. The average Bonchev–Trinajstić information content (AvgIpc) is 2.46. The molecule has 116 valence electrons. The van der Waals surface area contributed by atoms with Gasteiger partial charge in [-0.15, -0.1) is 0 Å². The van der Waals surface area contributed by atoms with Crippen LogP contribution in [0.1, 0.15) is 50.2 Å². The summed E-state index contributed by atoms with van der Waals surface area (Å²) in [7, 11) is 1.63. The summed E-state index contributed by atoms with van der Waals surface area (Å²) in [6, 6.07) is 6.18. The Hall–Kier alpha value is -1.55. The van der Waals surface area contributed by atoms with E-state index >= 15 is 0 Å². The molecule has 1 aliphatic rings. The van der Waals surface area contributed by atoms with Crippen LogP contribution in [0.4, 0.5) is 0 Å². The lowest BCUT2D eigenvalue weighted by atomic mass is 9.78. The van der Waals surface area contributed by atoms with Crippen molar-refractivity contribution in [3.05, 3.63) is 29.3 Å². The van der Waals surface area contributed by atoms with Gasteiger partial charge in [0.15, 0.2) is 0 Å². The lowest BCUT2D eigenvalue weighted by Crippen LogP contribution is -2.23. The molecule has 1 aliphatic heterocycles. The van der Waals surface area contributed by atoms with Crippen LogP contribution in [-0.4, -0.2) is 31.4 Å². The largest absolute Gasteiger partial charge is 0.496 e. The highest BCUT2D eigenvalue weighted by molar-refractivity contribution is 5.69. The van der Waals surface area contributed by atoms with Crippen molar-refractivity contribution < 1.29 is 19.4 Å². The maximum atomic E-state index is 11.1. The molecular weight excluding hydrogens is 268 g/mol. The smallest absolute Gasteiger partial charge is 0.304 e. The highest BCUT2D eigenvalue weighted by Crippen LogP contribution is 2.38. The topological polar surface area (TPSA) is 55.8 Å². The first-order valence-electron chi connectivity index (χ1n) is 7.42. The minimum absolute atomic E-state index is 0.0839. The standard InChI is InChI=1S/C17H24O4/c1-17(2,11-16(18)19)14-10-13(4-5-15(14)20-3)12-6-8-21-9-7-12/h4-5,10,12H,6-9,11H2,1-3H3,(H,18,19). The van der Waals surface area contributed by atoms with E-state index in [1.54, 1.807) is 7.11 Å². The van der Waals surface area contributed by atoms with E-state index in [1.165, 1.54) is 5.56 Å². The number of benzene rings is 1. The maximum Gasteiger partial charge on any atom is 0.304 e. The number of carboxylic acid groups (broad SMARTS) is 1. The van der Waals surface area contributed by atoms with E-state index in [1.807, 2.05) is 19.9 Å². The molecule has 1 fully saturated rings. The molecule has 1 N–H and O–H groups in total. The Bertz CT molecular complexity index is 502. The SMILES string of the molecule is COc1ccc(C2CCOCC2)cc1C(C)(C)CC(=O)O.